The number of hydrogen-bond donors (Lipinski definition) is 2. The molecular weight excluding hydrogens is 393 g/mol. The number of aromatic nitrogens is 2. The van der Waals surface area contributed by atoms with Gasteiger partial charge in [0.15, 0.2) is 5.82 Å². The highest BCUT2D eigenvalue weighted by molar-refractivity contribution is 8.13. The lowest BCUT2D eigenvalue weighted by Gasteiger charge is -2.49. The number of aliphatic imine (C=N–C) groups is 1. The van der Waals surface area contributed by atoms with Crippen LogP contribution in [-0.2, 0) is 5.54 Å². The molecule has 0 radical (unpaired) electrons. The van der Waals surface area contributed by atoms with Crippen LogP contribution in [-0.4, -0.2) is 44.5 Å². The number of H-pyrrole nitrogens is 1. The molecule has 152 valence electrons. The van der Waals surface area contributed by atoms with E-state index in [1.54, 1.807) is 6.33 Å². The molecule has 1 aliphatic heterocycles. The second-order valence-electron chi connectivity index (χ2n) is 7.25. The van der Waals surface area contributed by atoms with Crippen molar-refractivity contribution in [1.29, 1.82) is 0 Å². The van der Waals surface area contributed by atoms with E-state index < -0.39 is 12.6 Å². The molecule has 1 aliphatic carbocycles. The van der Waals surface area contributed by atoms with Gasteiger partial charge in [0.05, 0.1) is 29.0 Å². The number of alkyl halides is 3. The van der Waals surface area contributed by atoms with E-state index in [1.807, 2.05) is 11.8 Å². The fraction of sp³-hybridized carbons (Fsp3) is 0.778. The van der Waals surface area contributed by atoms with Crippen molar-refractivity contribution in [1.82, 2.24) is 15.3 Å². The molecule has 27 heavy (non-hydrogen) atoms. The van der Waals surface area contributed by atoms with E-state index in [-0.39, 0.29) is 11.3 Å². The lowest BCUT2D eigenvalue weighted by Crippen LogP contribution is -2.56. The van der Waals surface area contributed by atoms with Crippen LogP contribution >= 0.6 is 23.5 Å². The second-order valence-corrected chi connectivity index (χ2v) is 9.96. The summed E-state index contributed by atoms with van der Waals surface area (Å²) in [7, 11) is 0. The minimum Gasteiger partial charge on any atom is -0.345 e. The molecule has 1 fully saturated rings. The summed E-state index contributed by atoms with van der Waals surface area (Å²) in [6.45, 7) is 5.34. The Bertz CT molecular complexity index is 661. The maximum absolute atomic E-state index is 12.5. The number of imidazole rings is 1. The molecule has 3 atom stereocenters. The average molecular weight is 421 g/mol. The van der Waals surface area contributed by atoms with Crippen LogP contribution in [0.1, 0.15) is 51.6 Å². The molecule has 4 nitrogen and oxygen atoms in total. The lowest BCUT2D eigenvalue weighted by atomic mass is 9.63. The van der Waals surface area contributed by atoms with E-state index in [0.29, 0.717) is 17.0 Å². The first kappa shape index (κ1) is 21.0. The molecule has 1 aromatic heterocycles. The Labute approximate surface area is 167 Å². The topological polar surface area (TPSA) is 53.1 Å². The highest BCUT2D eigenvalue weighted by Crippen LogP contribution is 2.52. The number of halogens is 3. The predicted molar refractivity (Wildman–Crippen MR) is 108 cm³/mol. The van der Waals surface area contributed by atoms with E-state index in [1.165, 1.54) is 11.8 Å². The summed E-state index contributed by atoms with van der Waals surface area (Å²) in [6, 6.07) is 0. The van der Waals surface area contributed by atoms with Crippen molar-refractivity contribution >= 4 is 34.4 Å². The van der Waals surface area contributed by atoms with Crippen molar-refractivity contribution < 1.29 is 13.2 Å². The Morgan fingerprint density at radius 1 is 1.41 bits per heavy atom. The van der Waals surface area contributed by atoms with Gasteiger partial charge in [0, 0.05) is 29.7 Å². The zero-order chi connectivity index (χ0) is 19.5. The van der Waals surface area contributed by atoms with Crippen LogP contribution in [0, 0.1) is 5.92 Å². The SMILES string of the molecule is CCC(C)SCCNC12CCC1CC(SCCC(F)(F)F)=Nc1nc[nH]c12. The number of nitrogens with zero attached hydrogens (tertiary/aromatic N) is 2. The van der Waals surface area contributed by atoms with Crippen LogP contribution in [0.15, 0.2) is 11.3 Å². The summed E-state index contributed by atoms with van der Waals surface area (Å²) in [4.78, 5) is 12.2. The minimum absolute atomic E-state index is 0.0147. The zero-order valence-corrected chi connectivity index (χ0v) is 17.4. The standard InChI is InChI=1S/C18H27F3N4S2/c1-3-12(2)26-9-7-24-17-5-4-13(17)10-14(27-8-6-18(19,20)21)25-16-15(17)22-11-23-16/h11-13,24H,3-10H2,1-2H3,(H,22,23). The maximum Gasteiger partial charge on any atom is 0.389 e. The Morgan fingerprint density at radius 2 is 2.22 bits per heavy atom. The van der Waals surface area contributed by atoms with Crippen LogP contribution < -0.4 is 5.32 Å². The molecule has 3 unspecified atom stereocenters. The number of nitrogens with one attached hydrogen (secondary N) is 2. The van der Waals surface area contributed by atoms with Crippen molar-refractivity contribution in [2.45, 2.75) is 62.9 Å². The van der Waals surface area contributed by atoms with Gasteiger partial charge in [0.25, 0.3) is 0 Å². The normalized spacial score (nSPS) is 25.8. The van der Waals surface area contributed by atoms with E-state index in [4.69, 9.17) is 0 Å². The maximum atomic E-state index is 12.5. The van der Waals surface area contributed by atoms with Crippen molar-refractivity contribution in [3.8, 4) is 0 Å². The van der Waals surface area contributed by atoms with Crippen LogP contribution in [0.2, 0.25) is 0 Å². The lowest BCUT2D eigenvalue weighted by molar-refractivity contribution is -0.129. The van der Waals surface area contributed by atoms with Gasteiger partial charge < -0.3 is 10.3 Å². The first-order valence-corrected chi connectivity index (χ1v) is 11.5. The van der Waals surface area contributed by atoms with Crippen molar-refractivity contribution in [3.63, 3.8) is 0 Å². The third kappa shape index (κ3) is 5.03. The molecule has 2 heterocycles. The number of thioether (sulfide) groups is 2. The van der Waals surface area contributed by atoms with Gasteiger partial charge in [-0.25, -0.2) is 9.98 Å². The third-order valence-corrected chi connectivity index (χ3v) is 7.82. The summed E-state index contributed by atoms with van der Waals surface area (Å²) < 4.78 is 37.4. The third-order valence-electron chi connectivity index (χ3n) is 5.48. The summed E-state index contributed by atoms with van der Waals surface area (Å²) in [5, 5.41) is 5.17. The molecular formula is C18H27F3N4S2. The molecule has 1 saturated carbocycles. The fourth-order valence-corrected chi connectivity index (χ4v) is 5.56. The van der Waals surface area contributed by atoms with E-state index >= 15 is 0 Å². The van der Waals surface area contributed by atoms with E-state index in [0.717, 1.165) is 48.7 Å². The molecule has 0 aromatic carbocycles. The van der Waals surface area contributed by atoms with Gasteiger partial charge in [0.2, 0.25) is 0 Å². The number of fused-ring (bicyclic) bond motifs is 3. The van der Waals surface area contributed by atoms with Crippen molar-refractivity contribution in [2.24, 2.45) is 10.9 Å². The van der Waals surface area contributed by atoms with Gasteiger partial charge in [-0.2, -0.15) is 24.9 Å². The Kier molecular flexibility index (Phi) is 6.84. The molecule has 2 N–H and O–H groups in total. The van der Waals surface area contributed by atoms with E-state index in [9.17, 15) is 13.2 Å². The highest BCUT2D eigenvalue weighted by atomic mass is 32.2. The summed E-state index contributed by atoms with van der Waals surface area (Å²) >= 11 is 3.19. The molecule has 1 aromatic rings. The quantitative estimate of drug-likeness (QED) is 0.564. The molecule has 0 spiro atoms. The van der Waals surface area contributed by atoms with Crippen molar-refractivity contribution in [2.75, 3.05) is 18.1 Å². The number of aromatic amines is 1. The summed E-state index contributed by atoms with van der Waals surface area (Å²) in [5.74, 6) is 2.04. The smallest absolute Gasteiger partial charge is 0.345 e. The molecule has 0 bridgehead atoms. The molecule has 2 aliphatic rings. The van der Waals surface area contributed by atoms with Gasteiger partial charge in [-0.3, -0.25) is 0 Å². The highest BCUT2D eigenvalue weighted by Gasteiger charge is 2.51. The molecule has 0 amide bonds. The van der Waals surface area contributed by atoms with Crippen LogP contribution in [0.5, 0.6) is 0 Å². The Hall–Kier alpha value is -0.670. The number of rotatable bonds is 8. The monoisotopic (exact) mass is 420 g/mol. The Balaban J connectivity index is 1.65. The van der Waals surface area contributed by atoms with Gasteiger partial charge in [-0.1, -0.05) is 13.8 Å². The van der Waals surface area contributed by atoms with Crippen LogP contribution in [0.4, 0.5) is 19.0 Å². The predicted octanol–water partition coefficient (Wildman–Crippen LogP) is 5.26. The second kappa shape index (κ2) is 8.78. The van der Waals surface area contributed by atoms with Gasteiger partial charge in [-0.15, -0.1) is 11.8 Å². The summed E-state index contributed by atoms with van der Waals surface area (Å²) in [5.41, 5.74) is 0.830. The van der Waals surface area contributed by atoms with E-state index in [2.05, 4.69) is 34.1 Å². The van der Waals surface area contributed by atoms with Crippen LogP contribution in [0.3, 0.4) is 0 Å². The number of hydrogen-bond acceptors (Lipinski definition) is 5. The average Bonchev–Trinajstić information content (AvgIpc) is 3.02. The first-order valence-electron chi connectivity index (χ1n) is 9.51. The molecule has 3 rings (SSSR count). The summed E-state index contributed by atoms with van der Waals surface area (Å²) in [6.07, 6.45) is 0.688. The minimum atomic E-state index is -4.12. The van der Waals surface area contributed by atoms with Gasteiger partial charge in [-0.05, 0) is 25.2 Å². The van der Waals surface area contributed by atoms with Gasteiger partial charge in [0.1, 0.15) is 0 Å². The first-order chi connectivity index (χ1) is 12.8. The molecule has 0 saturated heterocycles. The van der Waals surface area contributed by atoms with Crippen molar-refractivity contribution in [3.05, 3.63) is 12.0 Å². The zero-order valence-electron chi connectivity index (χ0n) is 15.7. The van der Waals surface area contributed by atoms with Crippen LogP contribution in [0.25, 0.3) is 0 Å². The largest absolute Gasteiger partial charge is 0.389 e. The van der Waals surface area contributed by atoms with Gasteiger partial charge >= 0.3 is 6.18 Å². The Morgan fingerprint density at radius 3 is 2.89 bits per heavy atom. The fourth-order valence-electron chi connectivity index (χ4n) is 3.67. The molecule has 9 heteroatoms.